The molecule has 0 aromatic heterocycles. The molecule has 0 aliphatic rings. The monoisotopic (exact) mass is 88.1 g/mol. The van der Waals surface area contributed by atoms with Crippen LogP contribution in [0, 0.1) is 4.91 Å². The molecule has 0 amide bonds. The van der Waals surface area contributed by atoms with Crippen molar-refractivity contribution in [3.8, 4) is 0 Å². The number of hydrogen-bond donors (Lipinski definition) is 1. The topological polar surface area (TPSA) is 41.5 Å². The average molecular weight is 88.1 g/mol. The Balaban J connectivity index is 2.49. The molecule has 36 valence electrons. The molecule has 0 atom stereocenters. The van der Waals surface area contributed by atoms with Gasteiger partial charge < -0.3 is 0 Å². The van der Waals surface area contributed by atoms with Crippen LogP contribution in [0.1, 0.15) is 13.3 Å². The first kappa shape index (κ1) is 5.40. The van der Waals surface area contributed by atoms with Gasteiger partial charge in [-0.05, 0) is 6.42 Å². The van der Waals surface area contributed by atoms with E-state index in [1.165, 1.54) is 0 Å². The van der Waals surface area contributed by atoms with Gasteiger partial charge in [0.05, 0.1) is 0 Å². The van der Waals surface area contributed by atoms with Gasteiger partial charge in [-0.25, -0.2) is 0 Å². The Morgan fingerprint density at radius 2 is 2.50 bits per heavy atom. The van der Waals surface area contributed by atoms with Gasteiger partial charge in [0.25, 0.3) is 0 Å². The third kappa shape index (κ3) is 3.40. The number of nitrogens with one attached hydrogen (secondary N) is 1. The SMILES string of the molecule is CCCNN=O. The fourth-order valence-corrected chi connectivity index (χ4v) is 0.157. The molecule has 0 saturated heterocycles. The van der Waals surface area contributed by atoms with Crippen LogP contribution in [0.15, 0.2) is 5.29 Å². The first-order valence-electron chi connectivity index (χ1n) is 1.97. The highest BCUT2D eigenvalue weighted by Gasteiger charge is 1.70. The van der Waals surface area contributed by atoms with Crippen LogP contribution in [0.2, 0.25) is 0 Å². The minimum absolute atomic E-state index is 0.684. The Labute approximate surface area is 36.7 Å². The van der Waals surface area contributed by atoms with Gasteiger partial charge in [-0.1, -0.05) is 6.92 Å². The van der Waals surface area contributed by atoms with Crippen molar-refractivity contribution in [3.05, 3.63) is 4.91 Å². The summed E-state index contributed by atoms with van der Waals surface area (Å²) in [6, 6.07) is 0. The van der Waals surface area contributed by atoms with Crippen LogP contribution in [0.5, 0.6) is 0 Å². The largest absolute Gasteiger partial charge is 0.274 e. The van der Waals surface area contributed by atoms with Crippen molar-refractivity contribution in [2.75, 3.05) is 6.54 Å². The second-order valence-corrected chi connectivity index (χ2v) is 0.999. The molecule has 3 nitrogen and oxygen atoms in total. The Kier molecular flexibility index (Phi) is 3.96. The quantitative estimate of drug-likeness (QED) is 0.313. The van der Waals surface area contributed by atoms with Gasteiger partial charge in [0.15, 0.2) is 0 Å². The summed E-state index contributed by atoms with van der Waals surface area (Å²) in [5.41, 5.74) is 2.27. The molecule has 6 heavy (non-hydrogen) atoms. The summed E-state index contributed by atoms with van der Waals surface area (Å²) in [5, 5.41) is 2.43. The number of nitroso groups, excluding NO2 is 1. The molecule has 0 spiro atoms. The van der Waals surface area contributed by atoms with Crippen LogP contribution >= 0.6 is 0 Å². The molecule has 0 aliphatic heterocycles. The van der Waals surface area contributed by atoms with Crippen LogP contribution in [-0.2, 0) is 0 Å². The van der Waals surface area contributed by atoms with Gasteiger partial charge in [-0.15, -0.1) is 4.91 Å². The maximum Gasteiger partial charge on any atom is 0.0496 e. The summed E-state index contributed by atoms with van der Waals surface area (Å²) in [6.45, 7) is 2.65. The van der Waals surface area contributed by atoms with E-state index in [1.807, 2.05) is 6.92 Å². The zero-order valence-electron chi connectivity index (χ0n) is 3.77. The van der Waals surface area contributed by atoms with Crippen molar-refractivity contribution >= 4 is 0 Å². The minimum Gasteiger partial charge on any atom is -0.274 e. The van der Waals surface area contributed by atoms with E-state index in [0.717, 1.165) is 6.42 Å². The zero-order valence-corrected chi connectivity index (χ0v) is 3.77. The van der Waals surface area contributed by atoms with Gasteiger partial charge in [-0.3, -0.25) is 5.43 Å². The molecule has 0 aromatic rings. The molecule has 0 bridgehead atoms. The van der Waals surface area contributed by atoms with Crippen molar-refractivity contribution in [3.63, 3.8) is 0 Å². The fourth-order valence-electron chi connectivity index (χ4n) is 0.157. The number of nitrogens with zero attached hydrogens (tertiary/aromatic N) is 1. The lowest BCUT2D eigenvalue weighted by Gasteiger charge is -1.84. The molecule has 0 rings (SSSR count). The van der Waals surface area contributed by atoms with Crippen molar-refractivity contribution < 1.29 is 0 Å². The third-order valence-corrected chi connectivity index (χ3v) is 0.426. The predicted molar refractivity (Wildman–Crippen MR) is 24.1 cm³/mol. The van der Waals surface area contributed by atoms with E-state index in [1.54, 1.807) is 0 Å². The third-order valence-electron chi connectivity index (χ3n) is 0.426. The molecule has 0 aliphatic carbocycles. The number of rotatable bonds is 3. The molecule has 0 unspecified atom stereocenters. The van der Waals surface area contributed by atoms with Gasteiger partial charge in [-0.2, -0.15) is 0 Å². The lowest BCUT2D eigenvalue weighted by atomic mass is 10.5. The van der Waals surface area contributed by atoms with E-state index in [0.29, 0.717) is 6.54 Å². The molecule has 1 N–H and O–H groups in total. The summed E-state index contributed by atoms with van der Waals surface area (Å²) in [5.74, 6) is 0. The van der Waals surface area contributed by atoms with Crippen LogP contribution in [-0.4, -0.2) is 6.54 Å². The first-order chi connectivity index (χ1) is 2.91. The van der Waals surface area contributed by atoms with Gasteiger partial charge in [0.1, 0.15) is 0 Å². The zero-order chi connectivity index (χ0) is 4.83. The average Bonchev–Trinajstić information content (AvgIpc) is 1.61. The Morgan fingerprint density at radius 1 is 1.83 bits per heavy atom. The van der Waals surface area contributed by atoms with Crippen molar-refractivity contribution in [2.24, 2.45) is 5.29 Å². The summed E-state index contributed by atoms with van der Waals surface area (Å²) >= 11 is 0. The normalized spacial score (nSPS) is 7.50. The van der Waals surface area contributed by atoms with E-state index >= 15 is 0 Å². The molecule has 0 radical (unpaired) electrons. The van der Waals surface area contributed by atoms with Crippen LogP contribution in [0.3, 0.4) is 0 Å². The molecular formula is C3H8N2O. The maximum absolute atomic E-state index is 9.20. The second-order valence-electron chi connectivity index (χ2n) is 0.999. The lowest BCUT2D eigenvalue weighted by Crippen LogP contribution is -2.03. The van der Waals surface area contributed by atoms with E-state index in [9.17, 15) is 4.91 Å². The smallest absolute Gasteiger partial charge is 0.0496 e. The Morgan fingerprint density at radius 3 is 2.67 bits per heavy atom. The number of hydrogen-bond acceptors (Lipinski definition) is 2. The molecule has 0 saturated carbocycles. The van der Waals surface area contributed by atoms with Crippen LogP contribution in [0.25, 0.3) is 0 Å². The summed E-state index contributed by atoms with van der Waals surface area (Å²) in [6.07, 6.45) is 0.950. The maximum atomic E-state index is 9.20. The standard InChI is InChI=1S/C3H8N2O/c1-2-3-4-5-6/h2-3H2,1H3,(H,4,6). The van der Waals surface area contributed by atoms with E-state index < -0.39 is 0 Å². The molecule has 0 heterocycles. The predicted octanol–water partition coefficient (Wildman–Crippen LogP) is 0.667. The lowest BCUT2D eigenvalue weighted by molar-refractivity contribution is 0.710. The van der Waals surface area contributed by atoms with Gasteiger partial charge >= 0.3 is 0 Å². The highest BCUT2D eigenvalue weighted by molar-refractivity contribution is 4.30. The fraction of sp³-hybridized carbons (Fsp3) is 1.00. The van der Waals surface area contributed by atoms with E-state index in [4.69, 9.17) is 0 Å². The Hall–Kier alpha value is -0.600. The highest BCUT2D eigenvalue weighted by atomic mass is 16.3. The molecule has 3 heteroatoms. The first-order valence-corrected chi connectivity index (χ1v) is 1.97. The van der Waals surface area contributed by atoms with Gasteiger partial charge in [0.2, 0.25) is 0 Å². The van der Waals surface area contributed by atoms with E-state index in [-0.39, 0.29) is 0 Å². The van der Waals surface area contributed by atoms with Crippen molar-refractivity contribution in [1.82, 2.24) is 5.43 Å². The van der Waals surface area contributed by atoms with Crippen LogP contribution < -0.4 is 5.43 Å². The van der Waals surface area contributed by atoms with Crippen LogP contribution in [0.4, 0.5) is 0 Å². The Bertz CT molecular complexity index is 37.8. The summed E-state index contributed by atoms with van der Waals surface area (Å²) < 4.78 is 0. The second kappa shape index (κ2) is 4.40. The van der Waals surface area contributed by atoms with Crippen molar-refractivity contribution in [2.45, 2.75) is 13.3 Å². The molecular weight excluding hydrogens is 80.0 g/mol. The summed E-state index contributed by atoms with van der Waals surface area (Å²) in [4.78, 5) is 9.20. The van der Waals surface area contributed by atoms with Gasteiger partial charge in [0, 0.05) is 11.8 Å². The highest BCUT2D eigenvalue weighted by Crippen LogP contribution is 1.65. The minimum atomic E-state index is 0.684. The molecule has 0 aromatic carbocycles. The molecule has 0 fully saturated rings. The van der Waals surface area contributed by atoms with E-state index in [2.05, 4.69) is 10.7 Å². The summed E-state index contributed by atoms with van der Waals surface area (Å²) in [7, 11) is 0. The van der Waals surface area contributed by atoms with Crippen molar-refractivity contribution in [1.29, 1.82) is 0 Å².